The van der Waals surface area contributed by atoms with E-state index in [2.05, 4.69) is 15.9 Å². The summed E-state index contributed by atoms with van der Waals surface area (Å²) in [7, 11) is 0. The second kappa shape index (κ2) is 5.78. The Kier molecular flexibility index (Phi) is 4.30. The Morgan fingerprint density at radius 2 is 1.68 bits per heavy atom. The van der Waals surface area contributed by atoms with E-state index in [0.29, 0.717) is 23.1 Å². The molecule has 0 saturated heterocycles. The summed E-state index contributed by atoms with van der Waals surface area (Å²) in [6.07, 6.45) is 0.300. The molecule has 100 valence electrons. The van der Waals surface area contributed by atoms with Gasteiger partial charge >= 0.3 is 0 Å². The third-order valence-corrected chi connectivity index (χ3v) is 3.79. The summed E-state index contributed by atoms with van der Waals surface area (Å²) in [6.45, 7) is 1.57. The van der Waals surface area contributed by atoms with E-state index in [4.69, 9.17) is 0 Å². The van der Waals surface area contributed by atoms with Crippen LogP contribution in [0.5, 0.6) is 0 Å². The van der Waals surface area contributed by atoms with Crippen molar-refractivity contribution < 1.29 is 13.2 Å². The highest BCUT2D eigenvalue weighted by Gasteiger charge is 2.17. The molecule has 0 heterocycles. The number of hydrogen-bond donors (Lipinski definition) is 0. The summed E-state index contributed by atoms with van der Waals surface area (Å²) >= 11 is 3.34. The second-order valence-electron chi connectivity index (χ2n) is 4.39. The van der Waals surface area contributed by atoms with Gasteiger partial charge < -0.3 is 0 Å². The van der Waals surface area contributed by atoms with E-state index in [1.165, 1.54) is 12.1 Å². The van der Waals surface area contributed by atoms with Crippen molar-refractivity contribution in [3.8, 4) is 0 Å². The number of rotatable bonds is 3. The molecule has 0 spiro atoms. The summed E-state index contributed by atoms with van der Waals surface area (Å²) in [4.78, 5) is -0.399. The van der Waals surface area contributed by atoms with Gasteiger partial charge in [0.15, 0.2) is 0 Å². The average molecular weight is 329 g/mol. The van der Waals surface area contributed by atoms with Crippen LogP contribution in [0, 0.1) is 24.4 Å². The molecule has 0 aromatic heterocycles. The fourth-order valence-electron chi connectivity index (χ4n) is 1.89. The summed E-state index contributed by atoms with van der Waals surface area (Å²) in [6, 6.07) is 8.65. The largest absolute Gasteiger partial charge is 0.207 e. The summed E-state index contributed by atoms with van der Waals surface area (Å²) in [5.74, 6) is -1.53. The van der Waals surface area contributed by atoms with E-state index in [-0.39, 0.29) is 5.82 Å². The predicted octanol–water partition coefficient (Wildman–Crippen LogP) is 5.09. The molecule has 0 saturated carbocycles. The lowest BCUT2D eigenvalue weighted by atomic mass is 10.0. The maximum absolute atomic E-state index is 13.7. The van der Waals surface area contributed by atoms with Crippen molar-refractivity contribution >= 4 is 15.9 Å². The fraction of sp³-hybridized carbons (Fsp3) is 0.200. The summed E-state index contributed by atoms with van der Waals surface area (Å²) in [5, 5.41) is 0. The van der Waals surface area contributed by atoms with Crippen LogP contribution in [0.25, 0.3) is 0 Å². The molecule has 0 aliphatic heterocycles. The van der Waals surface area contributed by atoms with Gasteiger partial charge in [-0.15, -0.1) is 0 Å². The zero-order chi connectivity index (χ0) is 14.0. The van der Waals surface area contributed by atoms with Crippen molar-refractivity contribution in [2.75, 3.05) is 0 Å². The first-order valence-corrected chi connectivity index (χ1v) is 6.73. The highest BCUT2D eigenvalue weighted by atomic mass is 79.9. The van der Waals surface area contributed by atoms with E-state index >= 15 is 0 Å². The molecule has 0 fully saturated rings. The van der Waals surface area contributed by atoms with E-state index in [1.54, 1.807) is 25.1 Å². The molecular formula is C15H12BrF3. The molecule has 19 heavy (non-hydrogen) atoms. The lowest BCUT2D eigenvalue weighted by molar-refractivity contribution is 0.563. The minimum Gasteiger partial charge on any atom is -0.207 e. The zero-order valence-electron chi connectivity index (χ0n) is 10.3. The Hall–Kier alpha value is -1.29. The SMILES string of the molecule is Cc1cc(C(Br)Cc2ccccc2F)c(F)cc1F. The summed E-state index contributed by atoms with van der Waals surface area (Å²) < 4.78 is 40.5. The third-order valence-electron chi connectivity index (χ3n) is 2.97. The molecule has 1 unspecified atom stereocenters. The maximum Gasteiger partial charge on any atom is 0.130 e. The predicted molar refractivity (Wildman–Crippen MR) is 72.9 cm³/mol. The number of hydrogen-bond acceptors (Lipinski definition) is 0. The van der Waals surface area contributed by atoms with Crippen molar-refractivity contribution in [2.24, 2.45) is 0 Å². The average Bonchev–Trinajstić information content (AvgIpc) is 2.36. The van der Waals surface area contributed by atoms with Crippen LogP contribution in [0.2, 0.25) is 0 Å². The van der Waals surface area contributed by atoms with Crippen LogP contribution in [0.15, 0.2) is 36.4 Å². The molecule has 0 aliphatic carbocycles. The minimum atomic E-state index is -0.624. The van der Waals surface area contributed by atoms with Gasteiger partial charge in [-0.25, -0.2) is 13.2 Å². The second-order valence-corrected chi connectivity index (χ2v) is 5.49. The van der Waals surface area contributed by atoms with Crippen LogP contribution in [-0.2, 0) is 6.42 Å². The molecule has 0 aliphatic rings. The van der Waals surface area contributed by atoms with Crippen molar-refractivity contribution in [3.05, 3.63) is 70.5 Å². The van der Waals surface area contributed by atoms with Crippen molar-refractivity contribution in [1.29, 1.82) is 0 Å². The summed E-state index contributed by atoms with van der Waals surface area (Å²) in [5.41, 5.74) is 1.20. The topological polar surface area (TPSA) is 0 Å². The van der Waals surface area contributed by atoms with Gasteiger partial charge in [-0.1, -0.05) is 34.1 Å². The Labute approximate surface area is 118 Å². The number of aryl methyl sites for hydroxylation is 1. The van der Waals surface area contributed by atoms with E-state index in [0.717, 1.165) is 6.07 Å². The molecule has 0 radical (unpaired) electrons. The highest BCUT2D eigenvalue weighted by Crippen LogP contribution is 2.31. The maximum atomic E-state index is 13.7. The van der Waals surface area contributed by atoms with Crippen molar-refractivity contribution in [1.82, 2.24) is 0 Å². The quantitative estimate of drug-likeness (QED) is 0.688. The first kappa shape index (κ1) is 14.1. The molecule has 0 bridgehead atoms. The van der Waals surface area contributed by atoms with Gasteiger partial charge in [0, 0.05) is 16.5 Å². The van der Waals surface area contributed by atoms with Crippen LogP contribution < -0.4 is 0 Å². The number of halogens is 4. The van der Waals surface area contributed by atoms with Crippen LogP contribution in [0.1, 0.15) is 21.5 Å². The molecule has 2 rings (SSSR count). The van der Waals surface area contributed by atoms with Gasteiger partial charge in [0.05, 0.1) is 0 Å². The Bertz CT molecular complexity index is 596. The third kappa shape index (κ3) is 3.18. The minimum absolute atomic E-state index is 0.300. The van der Waals surface area contributed by atoms with E-state index in [9.17, 15) is 13.2 Å². The van der Waals surface area contributed by atoms with Crippen molar-refractivity contribution in [3.63, 3.8) is 0 Å². The number of benzene rings is 2. The number of alkyl halides is 1. The Morgan fingerprint density at radius 1 is 1.00 bits per heavy atom. The molecular weight excluding hydrogens is 317 g/mol. The Morgan fingerprint density at radius 3 is 2.37 bits per heavy atom. The van der Waals surface area contributed by atoms with Gasteiger partial charge in [-0.2, -0.15) is 0 Å². The molecule has 2 aromatic carbocycles. The Balaban J connectivity index is 2.28. The molecule has 0 nitrogen and oxygen atoms in total. The monoisotopic (exact) mass is 328 g/mol. The van der Waals surface area contributed by atoms with Gasteiger partial charge in [0.2, 0.25) is 0 Å². The van der Waals surface area contributed by atoms with Gasteiger partial charge in [0.25, 0.3) is 0 Å². The fourth-order valence-corrected chi connectivity index (χ4v) is 2.59. The van der Waals surface area contributed by atoms with Crippen LogP contribution >= 0.6 is 15.9 Å². The standard InChI is InChI=1S/C15H12BrF3/c1-9-6-11(15(19)8-14(9)18)12(16)7-10-4-2-3-5-13(10)17/h2-6,8,12H,7H2,1H3. The van der Waals surface area contributed by atoms with Crippen LogP contribution in [0.3, 0.4) is 0 Å². The highest BCUT2D eigenvalue weighted by molar-refractivity contribution is 9.09. The first-order chi connectivity index (χ1) is 8.99. The lowest BCUT2D eigenvalue weighted by Crippen LogP contribution is -2.02. The first-order valence-electron chi connectivity index (χ1n) is 5.82. The lowest BCUT2D eigenvalue weighted by Gasteiger charge is -2.13. The zero-order valence-corrected chi connectivity index (χ0v) is 11.8. The van der Waals surface area contributed by atoms with Gasteiger partial charge in [0.1, 0.15) is 17.5 Å². The smallest absolute Gasteiger partial charge is 0.130 e. The van der Waals surface area contributed by atoms with E-state index < -0.39 is 16.5 Å². The molecule has 2 aromatic rings. The normalized spacial score (nSPS) is 12.5. The molecule has 1 atom stereocenters. The van der Waals surface area contributed by atoms with Crippen molar-refractivity contribution in [2.45, 2.75) is 18.2 Å². The van der Waals surface area contributed by atoms with Crippen LogP contribution in [0.4, 0.5) is 13.2 Å². The molecule has 0 N–H and O–H groups in total. The molecule has 0 amide bonds. The molecule has 4 heteroatoms. The van der Waals surface area contributed by atoms with Gasteiger partial charge in [-0.05, 0) is 36.6 Å². The van der Waals surface area contributed by atoms with Gasteiger partial charge in [-0.3, -0.25) is 0 Å². The van der Waals surface area contributed by atoms with E-state index in [1.807, 2.05) is 0 Å². The van der Waals surface area contributed by atoms with Crippen LogP contribution in [-0.4, -0.2) is 0 Å².